The van der Waals surface area contributed by atoms with Gasteiger partial charge in [-0.1, -0.05) is 0 Å². The minimum absolute atomic E-state index is 0.371. The maximum absolute atomic E-state index is 8.75. The average molecular weight is 269 g/mol. The molecule has 0 spiro atoms. The van der Waals surface area contributed by atoms with Crippen molar-refractivity contribution in [1.82, 2.24) is 9.97 Å². The molecule has 1 aromatic rings. The number of nitriles is 1. The average Bonchev–Trinajstić information content (AvgIpc) is 2.30. The van der Waals surface area contributed by atoms with Crippen LogP contribution >= 0.6 is 15.9 Å². The van der Waals surface area contributed by atoms with Crippen LogP contribution in [0.4, 0.5) is 5.82 Å². The Morgan fingerprint density at radius 2 is 2.40 bits per heavy atom. The molecule has 2 rings (SSSR count). The van der Waals surface area contributed by atoms with Crippen LogP contribution in [0.3, 0.4) is 0 Å². The third-order valence-electron chi connectivity index (χ3n) is 2.14. The summed E-state index contributed by atoms with van der Waals surface area (Å²) in [6.07, 6.45) is 2.96. The van der Waals surface area contributed by atoms with E-state index in [0.717, 1.165) is 12.4 Å². The van der Waals surface area contributed by atoms with Crippen molar-refractivity contribution in [2.45, 2.75) is 6.10 Å². The Labute approximate surface area is 95.8 Å². The number of morpholine rings is 1. The minimum Gasteiger partial charge on any atom is -0.360 e. The molecule has 1 saturated heterocycles. The Morgan fingerprint density at radius 3 is 3.07 bits per heavy atom. The smallest absolute Gasteiger partial charge is 0.161 e. The van der Waals surface area contributed by atoms with Crippen LogP contribution in [-0.4, -0.2) is 35.8 Å². The van der Waals surface area contributed by atoms with Crippen molar-refractivity contribution in [3.05, 3.63) is 17.0 Å². The molecule has 6 heteroatoms. The van der Waals surface area contributed by atoms with Gasteiger partial charge in [0.1, 0.15) is 10.4 Å². The standard InChI is InChI=1S/C9H9BrN4O/c10-8-4-13-9(5-12-8)14-1-2-15-7(3-11)6-14/h4-5,7H,1-2,6H2. The first-order chi connectivity index (χ1) is 7.29. The van der Waals surface area contributed by atoms with Crippen LogP contribution in [-0.2, 0) is 4.74 Å². The molecule has 1 aliphatic heterocycles. The van der Waals surface area contributed by atoms with E-state index in [0.29, 0.717) is 17.8 Å². The Hall–Kier alpha value is -1.19. The summed E-state index contributed by atoms with van der Waals surface area (Å²) in [6, 6.07) is 2.09. The summed E-state index contributed by atoms with van der Waals surface area (Å²) in [5.41, 5.74) is 0. The number of aromatic nitrogens is 2. The van der Waals surface area contributed by atoms with E-state index in [1.54, 1.807) is 12.4 Å². The molecule has 78 valence electrons. The van der Waals surface area contributed by atoms with E-state index in [9.17, 15) is 0 Å². The fraction of sp³-hybridized carbons (Fsp3) is 0.444. The molecule has 1 fully saturated rings. The molecule has 0 N–H and O–H groups in total. The summed E-state index contributed by atoms with van der Waals surface area (Å²) in [5.74, 6) is 0.779. The molecule has 2 heterocycles. The quantitative estimate of drug-likeness (QED) is 0.760. The van der Waals surface area contributed by atoms with Gasteiger partial charge >= 0.3 is 0 Å². The highest BCUT2D eigenvalue weighted by molar-refractivity contribution is 9.10. The van der Waals surface area contributed by atoms with E-state index < -0.39 is 0 Å². The minimum atomic E-state index is -0.371. The van der Waals surface area contributed by atoms with Crippen molar-refractivity contribution in [2.75, 3.05) is 24.6 Å². The van der Waals surface area contributed by atoms with Crippen molar-refractivity contribution in [3.8, 4) is 6.07 Å². The molecule has 0 bridgehead atoms. The van der Waals surface area contributed by atoms with Crippen LogP contribution < -0.4 is 4.90 Å². The fourth-order valence-corrected chi connectivity index (χ4v) is 1.61. The van der Waals surface area contributed by atoms with Crippen molar-refractivity contribution in [2.24, 2.45) is 0 Å². The van der Waals surface area contributed by atoms with Crippen LogP contribution in [0.15, 0.2) is 17.0 Å². The van der Waals surface area contributed by atoms with Gasteiger partial charge in [0.25, 0.3) is 0 Å². The SMILES string of the molecule is N#CC1CN(c2cnc(Br)cn2)CCO1. The molecular formula is C9H9BrN4O. The third kappa shape index (κ3) is 2.43. The topological polar surface area (TPSA) is 62.0 Å². The number of hydrogen-bond acceptors (Lipinski definition) is 5. The Balaban J connectivity index is 2.10. The summed E-state index contributed by atoms with van der Waals surface area (Å²) in [4.78, 5) is 10.3. The van der Waals surface area contributed by atoms with E-state index in [4.69, 9.17) is 10.00 Å². The molecule has 1 aliphatic rings. The van der Waals surface area contributed by atoms with Gasteiger partial charge < -0.3 is 9.64 Å². The van der Waals surface area contributed by atoms with Crippen LogP contribution in [0.2, 0.25) is 0 Å². The first-order valence-corrected chi connectivity index (χ1v) is 5.32. The van der Waals surface area contributed by atoms with E-state index in [-0.39, 0.29) is 6.10 Å². The van der Waals surface area contributed by atoms with Crippen LogP contribution in [0.25, 0.3) is 0 Å². The van der Waals surface area contributed by atoms with Gasteiger partial charge in [0.15, 0.2) is 6.10 Å². The van der Waals surface area contributed by atoms with Crippen molar-refractivity contribution < 1.29 is 4.74 Å². The summed E-state index contributed by atoms with van der Waals surface area (Å²) in [5, 5.41) is 8.75. The van der Waals surface area contributed by atoms with E-state index >= 15 is 0 Å². The predicted octanol–water partition coefficient (Wildman–Crippen LogP) is 0.968. The van der Waals surface area contributed by atoms with Crippen LogP contribution in [0, 0.1) is 11.3 Å². The molecular weight excluding hydrogens is 260 g/mol. The third-order valence-corrected chi connectivity index (χ3v) is 2.55. The molecule has 0 aromatic carbocycles. The van der Waals surface area contributed by atoms with Gasteiger partial charge in [0, 0.05) is 6.54 Å². The van der Waals surface area contributed by atoms with Crippen LogP contribution in [0.5, 0.6) is 0 Å². The van der Waals surface area contributed by atoms with Crippen molar-refractivity contribution in [3.63, 3.8) is 0 Å². The van der Waals surface area contributed by atoms with Gasteiger partial charge in [-0.15, -0.1) is 0 Å². The Bertz CT molecular complexity index is 375. The number of nitrogens with zero attached hydrogens (tertiary/aromatic N) is 4. The lowest BCUT2D eigenvalue weighted by molar-refractivity contribution is 0.0761. The second-order valence-electron chi connectivity index (χ2n) is 3.13. The van der Waals surface area contributed by atoms with E-state index in [1.165, 1.54) is 0 Å². The van der Waals surface area contributed by atoms with E-state index in [2.05, 4.69) is 32.0 Å². The number of anilines is 1. The van der Waals surface area contributed by atoms with Gasteiger partial charge in [0.2, 0.25) is 0 Å². The lowest BCUT2D eigenvalue weighted by Crippen LogP contribution is -2.42. The summed E-state index contributed by atoms with van der Waals surface area (Å²) >= 11 is 3.23. The molecule has 0 radical (unpaired) electrons. The Kier molecular flexibility index (Phi) is 3.14. The van der Waals surface area contributed by atoms with Gasteiger partial charge in [-0.05, 0) is 15.9 Å². The highest BCUT2D eigenvalue weighted by Crippen LogP contribution is 2.15. The van der Waals surface area contributed by atoms with Crippen molar-refractivity contribution in [1.29, 1.82) is 5.26 Å². The lowest BCUT2D eigenvalue weighted by atomic mass is 10.3. The fourth-order valence-electron chi connectivity index (χ4n) is 1.40. The zero-order chi connectivity index (χ0) is 10.7. The summed E-state index contributed by atoms with van der Waals surface area (Å²) in [7, 11) is 0. The molecule has 0 saturated carbocycles. The largest absolute Gasteiger partial charge is 0.360 e. The van der Waals surface area contributed by atoms with Gasteiger partial charge in [-0.2, -0.15) is 5.26 Å². The summed E-state index contributed by atoms with van der Waals surface area (Å²) in [6.45, 7) is 1.84. The molecule has 1 aromatic heterocycles. The highest BCUT2D eigenvalue weighted by atomic mass is 79.9. The van der Waals surface area contributed by atoms with Gasteiger partial charge in [0.05, 0.1) is 31.6 Å². The second kappa shape index (κ2) is 4.55. The van der Waals surface area contributed by atoms with Crippen LogP contribution in [0.1, 0.15) is 0 Å². The number of rotatable bonds is 1. The number of hydrogen-bond donors (Lipinski definition) is 0. The molecule has 5 nitrogen and oxygen atoms in total. The maximum Gasteiger partial charge on any atom is 0.161 e. The van der Waals surface area contributed by atoms with Gasteiger partial charge in [-0.25, -0.2) is 9.97 Å². The summed E-state index contributed by atoms with van der Waals surface area (Å²) < 4.78 is 5.95. The zero-order valence-corrected chi connectivity index (χ0v) is 9.51. The van der Waals surface area contributed by atoms with E-state index in [1.807, 2.05) is 4.90 Å². The molecule has 1 atom stereocenters. The molecule has 15 heavy (non-hydrogen) atoms. The zero-order valence-electron chi connectivity index (χ0n) is 7.93. The normalized spacial score (nSPS) is 21.1. The predicted molar refractivity (Wildman–Crippen MR) is 57.3 cm³/mol. The number of ether oxygens (including phenoxy) is 1. The lowest BCUT2D eigenvalue weighted by Gasteiger charge is -2.30. The first kappa shape index (κ1) is 10.3. The molecule has 0 aliphatic carbocycles. The maximum atomic E-state index is 8.75. The first-order valence-electron chi connectivity index (χ1n) is 4.53. The number of halogens is 1. The molecule has 1 unspecified atom stereocenters. The highest BCUT2D eigenvalue weighted by Gasteiger charge is 2.20. The Morgan fingerprint density at radius 1 is 1.53 bits per heavy atom. The second-order valence-corrected chi connectivity index (χ2v) is 3.94. The van der Waals surface area contributed by atoms with Gasteiger partial charge in [-0.3, -0.25) is 0 Å². The molecule has 0 amide bonds. The van der Waals surface area contributed by atoms with Crippen molar-refractivity contribution >= 4 is 21.7 Å². The monoisotopic (exact) mass is 268 g/mol.